The molecule has 1 aromatic carbocycles. The quantitative estimate of drug-likeness (QED) is 0.841. The van der Waals surface area contributed by atoms with Crippen molar-refractivity contribution in [2.75, 3.05) is 26.2 Å². The summed E-state index contributed by atoms with van der Waals surface area (Å²) in [7, 11) is 0. The Morgan fingerprint density at radius 1 is 1.12 bits per heavy atom. The topological polar surface area (TPSA) is 61.0 Å². The molecule has 0 amide bonds. The molecule has 0 bridgehead atoms. The Morgan fingerprint density at radius 2 is 1.83 bits per heavy atom. The number of aromatic nitrogens is 3. The number of hydrogen-bond acceptors (Lipinski definition) is 5. The van der Waals surface area contributed by atoms with Crippen molar-refractivity contribution in [1.82, 2.24) is 24.6 Å². The van der Waals surface area contributed by atoms with Crippen molar-refractivity contribution in [1.29, 1.82) is 5.26 Å². The highest BCUT2D eigenvalue weighted by Crippen LogP contribution is 2.14. The minimum absolute atomic E-state index is 0.0163. The van der Waals surface area contributed by atoms with E-state index >= 15 is 0 Å². The Kier molecular flexibility index (Phi) is 5.24. The average Bonchev–Trinajstić information content (AvgIpc) is 3.06. The number of nitriles is 1. The highest BCUT2D eigenvalue weighted by molar-refractivity contribution is 5.29. The number of benzene rings is 1. The zero-order valence-corrected chi connectivity index (χ0v) is 14.3. The SMILES string of the molecule is CC(C)C(C#N)N1CCN(Cc2ncn(-c3ccccc3)n2)CC1. The number of hydrogen-bond donors (Lipinski definition) is 0. The molecule has 1 atom stereocenters. The van der Waals surface area contributed by atoms with Crippen molar-refractivity contribution in [3.8, 4) is 11.8 Å². The lowest BCUT2D eigenvalue weighted by atomic mass is 10.0. The van der Waals surface area contributed by atoms with Crippen molar-refractivity contribution in [3.63, 3.8) is 0 Å². The van der Waals surface area contributed by atoms with Gasteiger partial charge in [-0.25, -0.2) is 9.67 Å². The van der Waals surface area contributed by atoms with Crippen LogP contribution in [-0.2, 0) is 6.54 Å². The fraction of sp³-hybridized carbons (Fsp3) is 0.500. The standard InChI is InChI=1S/C18H24N6/c1-15(2)17(12-19)23-10-8-22(9-11-23)13-18-20-14-24(21-18)16-6-4-3-5-7-16/h3-7,14-15,17H,8-11,13H2,1-2H3. The van der Waals surface area contributed by atoms with Crippen molar-refractivity contribution in [2.24, 2.45) is 5.92 Å². The molecule has 3 rings (SSSR count). The Hall–Kier alpha value is -2.23. The van der Waals surface area contributed by atoms with Crippen LogP contribution in [-0.4, -0.2) is 56.8 Å². The van der Waals surface area contributed by atoms with Crippen LogP contribution in [0.5, 0.6) is 0 Å². The first-order valence-electron chi connectivity index (χ1n) is 8.49. The largest absolute Gasteiger partial charge is 0.293 e. The molecule has 0 radical (unpaired) electrons. The van der Waals surface area contributed by atoms with Crippen molar-refractivity contribution < 1.29 is 0 Å². The van der Waals surface area contributed by atoms with Gasteiger partial charge in [-0.15, -0.1) is 5.10 Å². The molecule has 0 saturated carbocycles. The second kappa shape index (κ2) is 7.56. The molecule has 6 heteroatoms. The molecule has 2 heterocycles. The third kappa shape index (κ3) is 3.81. The summed E-state index contributed by atoms with van der Waals surface area (Å²) in [5.74, 6) is 1.21. The molecule has 1 saturated heterocycles. The molecule has 1 aromatic heterocycles. The van der Waals surface area contributed by atoms with Crippen LogP contribution < -0.4 is 0 Å². The Labute approximate surface area is 143 Å². The highest BCUT2D eigenvalue weighted by atomic mass is 15.4. The Balaban J connectivity index is 1.56. The summed E-state index contributed by atoms with van der Waals surface area (Å²) < 4.78 is 1.82. The summed E-state index contributed by atoms with van der Waals surface area (Å²) in [6.07, 6.45) is 1.77. The second-order valence-corrected chi connectivity index (χ2v) is 6.57. The molecule has 1 fully saturated rings. The smallest absolute Gasteiger partial charge is 0.164 e. The molecular formula is C18H24N6. The lowest BCUT2D eigenvalue weighted by Gasteiger charge is -2.37. The summed E-state index contributed by atoms with van der Waals surface area (Å²) in [6.45, 7) is 8.73. The van der Waals surface area contributed by atoms with Gasteiger partial charge in [0.15, 0.2) is 5.82 Å². The van der Waals surface area contributed by atoms with Gasteiger partial charge in [0, 0.05) is 26.2 Å². The van der Waals surface area contributed by atoms with Gasteiger partial charge in [-0.05, 0) is 18.1 Å². The lowest BCUT2D eigenvalue weighted by Crippen LogP contribution is -2.51. The van der Waals surface area contributed by atoms with E-state index in [-0.39, 0.29) is 6.04 Å². The molecule has 1 unspecified atom stereocenters. The summed E-state index contributed by atoms with van der Waals surface area (Å²) in [5.41, 5.74) is 1.02. The maximum Gasteiger partial charge on any atom is 0.164 e. The molecule has 6 nitrogen and oxygen atoms in total. The molecule has 1 aliphatic rings. The van der Waals surface area contributed by atoms with Gasteiger partial charge >= 0.3 is 0 Å². The number of nitrogens with zero attached hydrogens (tertiary/aromatic N) is 6. The van der Waals surface area contributed by atoms with Crippen molar-refractivity contribution >= 4 is 0 Å². The van der Waals surface area contributed by atoms with Gasteiger partial charge in [-0.1, -0.05) is 32.0 Å². The van der Waals surface area contributed by atoms with Gasteiger partial charge in [0.2, 0.25) is 0 Å². The molecule has 126 valence electrons. The maximum atomic E-state index is 9.33. The van der Waals surface area contributed by atoms with E-state index in [4.69, 9.17) is 0 Å². The highest BCUT2D eigenvalue weighted by Gasteiger charge is 2.26. The minimum Gasteiger partial charge on any atom is -0.293 e. The van der Waals surface area contributed by atoms with E-state index < -0.39 is 0 Å². The van der Waals surface area contributed by atoms with Crippen molar-refractivity contribution in [2.45, 2.75) is 26.4 Å². The van der Waals surface area contributed by atoms with Gasteiger partial charge in [0.25, 0.3) is 0 Å². The van der Waals surface area contributed by atoms with E-state index in [9.17, 15) is 5.26 Å². The van der Waals surface area contributed by atoms with Crippen LogP contribution in [0.4, 0.5) is 0 Å². The van der Waals surface area contributed by atoms with Gasteiger partial charge in [0.1, 0.15) is 12.4 Å². The summed E-state index contributed by atoms with van der Waals surface area (Å²) >= 11 is 0. The normalized spacial score (nSPS) is 17.8. The van der Waals surface area contributed by atoms with Crippen LogP contribution in [0.25, 0.3) is 5.69 Å². The monoisotopic (exact) mass is 324 g/mol. The number of rotatable bonds is 5. The van der Waals surface area contributed by atoms with Gasteiger partial charge in [-0.3, -0.25) is 9.80 Å². The van der Waals surface area contributed by atoms with E-state index in [0.29, 0.717) is 5.92 Å². The zero-order valence-electron chi connectivity index (χ0n) is 14.3. The first-order valence-corrected chi connectivity index (χ1v) is 8.49. The zero-order chi connectivity index (χ0) is 16.9. The number of para-hydroxylation sites is 1. The molecule has 2 aromatic rings. The van der Waals surface area contributed by atoms with Gasteiger partial charge in [0.05, 0.1) is 18.3 Å². The van der Waals surface area contributed by atoms with Crippen LogP contribution >= 0.6 is 0 Å². The van der Waals surface area contributed by atoms with E-state index in [1.165, 1.54) is 0 Å². The predicted molar refractivity (Wildman–Crippen MR) is 92.4 cm³/mol. The molecular weight excluding hydrogens is 300 g/mol. The van der Waals surface area contributed by atoms with E-state index in [1.54, 1.807) is 6.33 Å². The average molecular weight is 324 g/mol. The third-order valence-corrected chi connectivity index (χ3v) is 4.49. The fourth-order valence-corrected chi connectivity index (χ4v) is 3.13. The van der Waals surface area contributed by atoms with Gasteiger partial charge in [-0.2, -0.15) is 5.26 Å². The molecule has 0 N–H and O–H groups in total. The molecule has 24 heavy (non-hydrogen) atoms. The molecule has 1 aliphatic heterocycles. The Bertz CT molecular complexity index is 679. The van der Waals surface area contributed by atoms with Crippen LogP contribution in [0.2, 0.25) is 0 Å². The van der Waals surface area contributed by atoms with Crippen LogP contribution in [0.15, 0.2) is 36.7 Å². The van der Waals surface area contributed by atoms with Crippen LogP contribution in [0.1, 0.15) is 19.7 Å². The third-order valence-electron chi connectivity index (χ3n) is 4.49. The molecule has 0 aliphatic carbocycles. The van der Waals surface area contributed by atoms with E-state index in [1.807, 2.05) is 35.0 Å². The maximum absolute atomic E-state index is 9.33. The van der Waals surface area contributed by atoms with Crippen LogP contribution in [0.3, 0.4) is 0 Å². The first-order chi connectivity index (χ1) is 11.7. The van der Waals surface area contributed by atoms with Crippen LogP contribution in [0, 0.1) is 17.2 Å². The van der Waals surface area contributed by atoms with Crippen molar-refractivity contribution in [3.05, 3.63) is 42.5 Å². The number of piperazine rings is 1. The summed E-state index contributed by atoms with van der Waals surface area (Å²) in [5, 5.41) is 13.9. The fourth-order valence-electron chi connectivity index (χ4n) is 3.13. The van der Waals surface area contributed by atoms with E-state index in [2.05, 4.69) is 39.8 Å². The minimum atomic E-state index is 0.0163. The summed E-state index contributed by atoms with van der Waals surface area (Å²) in [4.78, 5) is 9.08. The first kappa shape index (κ1) is 16.6. The molecule has 0 spiro atoms. The van der Waals surface area contributed by atoms with Gasteiger partial charge < -0.3 is 0 Å². The van der Waals surface area contributed by atoms with E-state index in [0.717, 1.165) is 44.2 Å². The second-order valence-electron chi connectivity index (χ2n) is 6.57. The predicted octanol–water partition coefficient (Wildman–Crippen LogP) is 1.93. The Morgan fingerprint density at radius 3 is 2.46 bits per heavy atom. The summed E-state index contributed by atoms with van der Waals surface area (Å²) in [6, 6.07) is 12.5. The lowest BCUT2D eigenvalue weighted by molar-refractivity contribution is 0.0925.